The van der Waals surface area contributed by atoms with Crippen molar-refractivity contribution in [1.82, 2.24) is 0 Å². The number of benzene rings is 2. The fourth-order valence-corrected chi connectivity index (χ4v) is 2.51. The average Bonchev–Trinajstić information content (AvgIpc) is 2.70. The molecular weight excluding hydrogens is 214 g/mol. The molecular formula is C14H13NO2. The van der Waals surface area contributed by atoms with Crippen LogP contribution in [0.25, 0.3) is 10.8 Å². The maximum atomic E-state index is 10.7. The number of nitrogens with one attached hydrogen (secondary N) is 1. The van der Waals surface area contributed by atoms with Crippen LogP contribution in [0.5, 0.6) is 0 Å². The molecule has 0 bridgehead atoms. The maximum Gasteiger partial charge on any atom is 0.305 e. The van der Waals surface area contributed by atoms with Gasteiger partial charge in [0.05, 0.1) is 6.42 Å². The standard InChI is InChI=1S/C14H13NO2/c16-13(17)8-11-7-10-6-5-9-3-1-2-4-12(9)14(10)15-11/h1-6,11,15H,7-8H2,(H,16,17). The molecule has 1 atom stereocenters. The van der Waals surface area contributed by atoms with Crippen molar-refractivity contribution in [3.63, 3.8) is 0 Å². The van der Waals surface area contributed by atoms with E-state index < -0.39 is 5.97 Å². The smallest absolute Gasteiger partial charge is 0.305 e. The zero-order chi connectivity index (χ0) is 11.8. The monoisotopic (exact) mass is 227 g/mol. The summed E-state index contributed by atoms with van der Waals surface area (Å²) in [5, 5.41) is 14.5. The fourth-order valence-electron chi connectivity index (χ4n) is 2.51. The predicted octanol–water partition coefficient (Wildman–Crippen LogP) is 2.65. The van der Waals surface area contributed by atoms with Crippen LogP contribution in [-0.4, -0.2) is 17.1 Å². The van der Waals surface area contributed by atoms with Crippen molar-refractivity contribution >= 4 is 22.4 Å². The third-order valence-corrected chi connectivity index (χ3v) is 3.25. The maximum absolute atomic E-state index is 10.7. The van der Waals surface area contributed by atoms with Crippen molar-refractivity contribution in [2.24, 2.45) is 0 Å². The number of carboxylic acid groups (broad SMARTS) is 1. The van der Waals surface area contributed by atoms with Gasteiger partial charge in [0.25, 0.3) is 0 Å². The molecule has 3 heteroatoms. The topological polar surface area (TPSA) is 49.3 Å². The highest BCUT2D eigenvalue weighted by molar-refractivity contribution is 5.96. The van der Waals surface area contributed by atoms with Crippen LogP contribution < -0.4 is 5.32 Å². The summed E-state index contributed by atoms with van der Waals surface area (Å²) < 4.78 is 0. The normalized spacial score (nSPS) is 17.8. The van der Waals surface area contributed by atoms with Gasteiger partial charge >= 0.3 is 5.97 Å². The highest BCUT2D eigenvalue weighted by atomic mass is 16.4. The Morgan fingerprint density at radius 3 is 2.94 bits per heavy atom. The van der Waals surface area contributed by atoms with Gasteiger partial charge in [-0.3, -0.25) is 4.79 Å². The molecule has 0 aromatic heterocycles. The Morgan fingerprint density at radius 1 is 1.29 bits per heavy atom. The molecule has 2 aromatic rings. The Bertz CT molecular complexity index is 592. The SMILES string of the molecule is O=C(O)CC1Cc2ccc3ccccc3c2N1. The van der Waals surface area contributed by atoms with Gasteiger partial charge in [-0.15, -0.1) is 0 Å². The summed E-state index contributed by atoms with van der Waals surface area (Å²) in [6.07, 6.45) is 0.968. The van der Waals surface area contributed by atoms with Crippen molar-refractivity contribution in [3.8, 4) is 0 Å². The summed E-state index contributed by atoms with van der Waals surface area (Å²) in [5.41, 5.74) is 2.32. The van der Waals surface area contributed by atoms with Crippen molar-refractivity contribution < 1.29 is 9.90 Å². The van der Waals surface area contributed by atoms with E-state index in [1.54, 1.807) is 0 Å². The van der Waals surface area contributed by atoms with Gasteiger partial charge in [0.1, 0.15) is 0 Å². The molecule has 0 fully saturated rings. The third kappa shape index (κ3) is 1.73. The lowest BCUT2D eigenvalue weighted by Gasteiger charge is -2.08. The summed E-state index contributed by atoms with van der Waals surface area (Å²) in [6.45, 7) is 0. The first-order chi connectivity index (χ1) is 8.24. The van der Waals surface area contributed by atoms with Gasteiger partial charge in [-0.25, -0.2) is 0 Å². The minimum atomic E-state index is -0.750. The highest BCUT2D eigenvalue weighted by Gasteiger charge is 2.23. The fraction of sp³-hybridized carbons (Fsp3) is 0.214. The molecule has 0 saturated carbocycles. The van der Waals surface area contributed by atoms with Crippen molar-refractivity contribution in [1.29, 1.82) is 0 Å². The van der Waals surface area contributed by atoms with Crippen molar-refractivity contribution in [3.05, 3.63) is 42.0 Å². The molecule has 0 radical (unpaired) electrons. The zero-order valence-corrected chi connectivity index (χ0v) is 9.31. The van der Waals surface area contributed by atoms with Crippen LogP contribution in [0.2, 0.25) is 0 Å². The van der Waals surface area contributed by atoms with E-state index in [1.165, 1.54) is 16.3 Å². The molecule has 0 spiro atoms. The highest BCUT2D eigenvalue weighted by Crippen LogP contribution is 2.34. The summed E-state index contributed by atoms with van der Waals surface area (Å²) in [7, 11) is 0. The molecule has 0 amide bonds. The Kier molecular flexibility index (Phi) is 2.25. The molecule has 86 valence electrons. The number of aliphatic carboxylic acids is 1. The Labute approximate surface area is 99.1 Å². The van der Waals surface area contributed by atoms with Gasteiger partial charge in [0, 0.05) is 17.1 Å². The summed E-state index contributed by atoms with van der Waals surface area (Å²) in [6, 6.07) is 12.4. The van der Waals surface area contributed by atoms with Gasteiger partial charge < -0.3 is 10.4 Å². The summed E-state index contributed by atoms with van der Waals surface area (Å²) in [4.78, 5) is 10.7. The number of carbonyl (C=O) groups is 1. The van der Waals surface area contributed by atoms with E-state index in [9.17, 15) is 4.79 Å². The zero-order valence-electron chi connectivity index (χ0n) is 9.31. The molecule has 1 aliphatic heterocycles. The predicted molar refractivity (Wildman–Crippen MR) is 67.3 cm³/mol. The first-order valence-corrected chi connectivity index (χ1v) is 5.73. The molecule has 2 aromatic carbocycles. The average molecular weight is 227 g/mol. The van der Waals surface area contributed by atoms with Gasteiger partial charge in [-0.1, -0.05) is 36.4 Å². The summed E-state index contributed by atoms with van der Waals surface area (Å²) in [5.74, 6) is -0.750. The van der Waals surface area contributed by atoms with Crippen molar-refractivity contribution in [2.75, 3.05) is 5.32 Å². The molecule has 2 N–H and O–H groups in total. The molecule has 0 saturated heterocycles. The minimum Gasteiger partial charge on any atom is -0.481 e. The minimum absolute atomic E-state index is 0.0216. The van der Waals surface area contributed by atoms with Crippen LogP contribution in [0.3, 0.4) is 0 Å². The number of fused-ring (bicyclic) bond motifs is 3. The molecule has 3 nitrogen and oxygen atoms in total. The molecule has 0 aliphatic carbocycles. The van der Waals surface area contributed by atoms with E-state index in [-0.39, 0.29) is 12.5 Å². The lowest BCUT2D eigenvalue weighted by Crippen LogP contribution is -2.19. The van der Waals surface area contributed by atoms with Gasteiger partial charge in [0.2, 0.25) is 0 Å². The number of hydrogen-bond acceptors (Lipinski definition) is 2. The van der Waals surface area contributed by atoms with E-state index in [0.717, 1.165) is 12.1 Å². The second kappa shape index (κ2) is 3.77. The van der Waals surface area contributed by atoms with E-state index in [1.807, 2.05) is 12.1 Å². The van der Waals surface area contributed by atoms with Crippen LogP contribution in [0.4, 0.5) is 5.69 Å². The lowest BCUT2D eigenvalue weighted by atomic mass is 10.0. The van der Waals surface area contributed by atoms with E-state index in [2.05, 4.69) is 29.6 Å². The van der Waals surface area contributed by atoms with E-state index >= 15 is 0 Å². The molecule has 17 heavy (non-hydrogen) atoms. The molecule has 1 aliphatic rings. The first-order valence-electron chi connectivity index (χ1n) is 5.73. The number of hydrogen-bond donors (Lipinski definition) is 2. The Balaban J connectivity index is 2.02. The van der Waals surface area contributed by atoms with Crippen LogP contribution in [-0.2, 0) is 11.2 Å². The van der Waals surface area contributed by atoms with Crippen LogP contribution in [0.15, 0.2) is 36.4 Å². The third-order valence-electron chi connectivity index (χ3n) is 3.25. The molecule has 1 heterocycles. The van der Waals surface area contributed by atoms with Gasteiger partial charge in [-0.05, 0) is 17.4 Å². The van der Waals surface area contributed by atoms with E-state index in [0.29, 0.717) is 0 Å². The van der Waals surface area contributed by atoms with Gasteiger partial charge in [0.15, 0.2) is 0 Å². The van der Waals surface area contributed by atoms with Crippen LogP contribution in [0, 0.1) is 0 Å². The number of carboxylic acids is 1. The Morgan fingerprint density at radius 2 is 2.12 bits per heavy atom. The van der Waals surface area contributed by atoms with Crippen LogP contribution in [0.1, 0.15) is 12.0 Å². The van der Waals surface area contributed by atoms with E-state index in [4.69, 9.17) is 5.11 Å². The second-order valence-corrected chi connectivity index (χ2v) is 4.46. The largest absolute Gasteiger partial charge is 0.481 e. The quantitative estimate of drug-likeness (QED) is 0.829. The van der Waals surface area contributed by atoms with Crippen molar-refractivity contribution in [2.45, 2.75) is 18.9 Å². The number of anilines is 1. The molecule has 3 rings (SSSR count). The second-order valence-electron chi connectivity index (χ2n) is 4.46. The number of rotatable bonds is 2. The first kappa shape index (κ1) is 10.1. The Hall–Kier alpha value is -2.03. The molecule has 1 unspecified atom stereocenters. The van der Waals surface area contributed by atoms with Gasteiger partial charge in [-0.2, -0.15) is 0 Å². The van der Waals surface area contributed by atoms with Crippen LogP contribution >= 0.6 is 0 Å². The summed E-state index contributed by atoms with van der Waals surface area (Å²) >= 11 is 0. The lowest BCUT2D eigenvalue weighted by molar-refractivity contribution is -0.137.